The molecule has 0 saturated carbocycles. The second-order valence-electron chi connectivity index (χ2n) is 4.96. The van der Waals surface area contributed by atoms with Crippen molar-refractivity contribution in [3.8, 4) is 5.75 Å². The van der Waals surface area contributed by atoms with E-state index >= 15 is 0 Å². The number of amides is 1. The number of hydrogen-bond acceptors (Lipinski definition) is 3. The molecule has 0 fully saturated rings. The van der Waals surface area contributed by atoms with Crippen molar-refractivity contribution in [1.82, 2.24) is 4.57 Å². The summed E-state index contributed by atoms with van der Waals surface area (Å²) in [4.78, 5) is 12.4. The van der Waals surface area contributed by atoms with Crippen molar-refractivity contribution < 1.29 is 9.53 Å². The van der Waals surface area contributed by atoms with Crippen molar-refractivity contribution in [2.45, 2.75) is 19.9 Å². The molecule has 2 rings (SSSR count). The molecular weight excluding hydrogens is 370 g/mol. The van der Waals surface area contributed by atoms with Crippen molar-refractivity contribution in [3.63, 3.8) is 0 Å². The number of halogens is 2. The summed E-state index contributed by atoms with van der Waals surface area (Å²) in [7, 11) is 1.55. The van der Waals surface area contributed by atoms with Gasteiger partial charge in [0.1, 0.15) is 11.4 Å². The molecular formula is C15H19BrClN3O2. The first-order valence-corrected chi connectivity index (χ1v) is 7.34. The molecule has 1 amide bonds. The number of ether oxygens (including phenoxy) is 1. The highest BCUT2D eigenvalue weighted by Crippen LogP contribution is 2.26. The number of nitrogen functional groups attached to an aromatic ring is 1. The van der Waals surface area contributed by atoms with Crippen LogP contribution in [0.5, 0.6) is 5.75 Å². The standard InChI is InChI=1S/C15H18BrN3O2.ClH/c1-9(2)19-8-10(16)6-13(19)15(20)18-11-4-5-14(21-3)12(17)7-11;/h4-9H,17H2,1-3H3,(H,18,20);1H. The number of methoxy groups -OCH3 is 1. The lowest BCUT2D eigenvalue weighted by atomic mass is 10.2. The molecule has 0 aliphatic heterocycles. The van der Waals surface area contributed by atoms with Crippen molar-refractivity contribution in [2.75, 3.05) is 18.2 Å². The molecule has 22 heavy (non-hydrogen) atoms. The third-order valence-electron chi connectivity index (χ3n) is 3.09. The van der Waals surface area contributed by atoms with Crippen LogP contribution in [-0.4, -0.2) is 17.6 Å². The smallest absolute Gasteiger partial charge is 0.272 e. The third kappa shape index (κ3) is 3.96. The molecule has 1 aromatic carbocycles. The van der Waals surface area contributed by atoms with Gasteiger partial charge in [-0.2, -0.15) is 0 Å². The number of hydrogen-bond donors (Lipinski definition) is 2. The predicted octanol–water partition coefficient (Wildman–Crippen LogP) is 4.10. The van der Waals surface area contributed by atoms with Crippen LogP contribution >= 0.6 is 28.3 Å². The number of aromatic nitrogens is 1. The fourth-order valence-corrected chi connectivity index (χ4v) is 2.50. The first kappa shape index (κ1) is 18.4. The molecule has 0 spiro atoms. The first-order chi connectivity index (χ1) is 9.92. The monoisotopic (exact) mass is 387 g/mol. The van der Waals surface area contributed by atoms with Crippen LogP contribution in [0.2, 0.25) is 0 Å². The molecule has 0 atom stereocenters. The Morgan fingerprint density at radius 3 is 2.59 bits per heavy atom. The maximum Gasteiger partial charge on any atom is 0.272 e. The molecule has 5 nitrogen and oxygen atoms in total. The fraction of sp³-hybridized carbons (Fsp3) is 0.267. The Hall–Kier alpha value is -1.66. The molecule has 7 heteroatoms. The molecule has 2 aromatic rings. The largest absolute Gasteiger partial charge is 0.495 e. The van der Waals surface area contributed by atoms with Crippen molar-refractivity contribution in [1.29, 1.82) is 0 Å². The van der Waals surface area contributed by atoms with E-state index in [9.17, 15) is 4.79 Å². The van der Waals surface area contributed by atoms with Gasteiger partial charge in [-0.1, -0.05) is 0 Å². The highest BCUT2D eigenvalue weighted by atomic mass is 79.9. The van der Waals surface area contributed by atoms with Crippen molar-refractivity contribution in [3.05, 3.63) is 40.6 Å². The Morgan fingerprint density at radius 1 is 1.36 bits per heavy atom. The summed E-state index contributed by atoms with van der Waals surface area (Å²) in [6, 6.07) is 7.14. The van der Waals surface area contributed by atoms with E-state index in [1.54, 1.807) is 31.4 Å². The third-order valence-corrected chi connectivity index (χ3v) is 3.53. The Bertz CT molecular complexity index is 671. The molecule has 0 aliphatic carbocycles. The van der Waals surface area contributed by atoms with Gasteiger partial charge in [0.2, 0.25) is 0 Å². The number of nitrogens with one attached hydrogen (secondary N) is 1. The Balaban J connectivity index is 0.00000242. The second kappa shape index (κ2) is 7.56. The fourth-order valence-electron chi connectivity index (χ4n) is 2.06. The van der Waals surface area contributed by atoms with Gasteiger partial charge in [0.05, 0.1) is 12.8 Å². The average Bonchev–Trinajstić information content (AvgIpc) is 2.81. The molecule has 1 aromatic heterocycles. The topological polar surface area (TPSA) is 69.3 Å². The van der Waals surface area contributed by atoms with Gasteiger partial charge in [-0.3, -0.25) is 4.79 Å². The lowest BCUT2D eigenvalue weighted by Gasteiger charge is -2.13. The van der Waals surface area contributed by atoms with E-state index in [1.165, 1.54) is 0 Å². The van der Waals surface area contributed by atoms with Crippen LogP contribution in [0, 0.1) is 0 Å². The maximum absolute atomic E-state index is 12.4. The van der Waals surface area contributed by atoms with Gasteiger partial charge < -0.3 is 20.4 Å². The van der Waals surface area contributed by atoms with E-state index < -0.39 is 0 Å². The van der Waals surface area contributed by atoms with Gasteiger partial charge in [0.15, 0.2) is 0 Å². The number of anilines is 2. The van der Waals surface area contributed by atoms with Gasteiger partial charge in [-0.25, -0.2) is 0 Å². The summed E-state index contributed by atoms with van der Waals surface area (Å²) < 4.78 is 7.88. The van der Waals surface area contributed by atoms with Crippen LogP contribution in [0.3, 0.4) is 0 Å². The molecule has 0 aliphatic rings. The van der Waals surface area contributed by atoms with Crippen LogP contribution < -0.4 is 15.8 Å². The van der Waals surface area contributed by atoms with Crippen LogP contribution in [0.4, 0.5) is 11.4 Å². The minimum atomic E-state index is -0.182. The second-order valence-corrected chi connectivity index (χ2v) is 5.87. The number of nitrogens with two attached hydrogens (primary N) is 1. The zero-order valence-electron chi connectivity index (χ0n) is 12.6. The molecule has 120 valence electrons. The summed E-state index contributed by atoms with van der Waals surface area (Å²) in [5.41, 5.74) is 7.54. The summed E-state index contributed by atoms with van der Waals surface area (Å²) in [5, 5.41) is 2.84. The molecule has 1 heterocycles. The lowest BCUT2D eigenvalue weighted by molar-refractivity contribution is 0.101. The van der Waals surface area contributed by atoms with E-state index in [4.69, 9.17) is 10.5 Å². The van der Waals surface area contributed by atoms with E-state index in [0.717, 1.165) is 4.47 Å². The molecule has 0 radical (unpaired) electrons. The van der Waals surface area contributed by atoms with Crippen LogP contribution in [0.15, 0.2) is 34.9 Å². The number of nitrogens with zero attached hydrogens (tertiary/aromatic N) is 1. The van der Waals surface area contributed by atoms with Crippen LogP contribution in [0.1, 0.15) is 30.4 Å². The zero-order valence-corrected chi connectivity index (χ0v) is 15.0. The van der Waals surface area contributed by atoms with E-state index in [1.807, 2.05) is 24.6 Å². The van der Waals surface area contributed by atoms with E-state index in [0.29, 0.717) is 22.8 Å². The Morgan fingerprint density at radius 2 is 2.05 bits per heavy atom. The van der Waals surface area contributed by atoms with Gasteiger partial charge >= 0.3 is 0 Å². The zero-order chi connectivity index (χ0) is 15.6. The van der Waals surface area contributed by atoms with Gasteiger partial charge in [-0.05, 0) is 54.0 Å². The van der Waals surface area contributed by atoms with Gasteiger partial charge in [0.25, 0.3) is 5.91 Å². The van der Waals surface area contributed by atoms with E-state index in [-0.39, 0.29) is 24.4 Å². The number of benzene rings is 1. The van der Waals surface area contributed by atoms with E-state index in [2.05, 4.69) is 21.2 Å². The Labute approximate surface area is 144 Å². The predicted molar refractivity (Wildman–Crippen MR) is 95.1 cm³/mol. The van der Waals surface area contributed by atoms with Crippen molar-refractivity contribution in [2.24, 2.45) is 0 Å². The SMILES string of the molecule is COc1ccc(NC(=O)c2cc(Br)cn2C(C)C)cc1N.Cl. The average molecular weight is 389 g/mol. The number of carbonyl (C=O) groups excluding carboxylic acids is 1. The van der Waals surface area contributed by atoms with Gasteiger partial charge in [-0.15, -0.1) is 12.4 Å². The summed E-state index contributed by atoms with van der Waals surface area (Å²) in [5.74, 6) is 0.403. The number of rotatable bonds is 4. The molecule has 0 saturated heterocycles. The molecule has 3 N–H and O–H groups in total. The lowest BCUT2D eigenvalue weighted by Crippen LogP contribution is -2.17. The summed E-state index contributed by atoms with van der Waals surface area (Å²) in [6.45, 7) is 4.04. The molecule has 0 bridgehead atoms. The summed E-state index contributed by atoms with van der Waals surface area (Å²) in [6.07, 6.45) is 1.89. The van der Waals surface area contributed by atoms with Crippen molar-refractivity contribution >= 4 is 45.6 Å². The minimum Gasteiger partial charge on any atom is -0.495 e. The minimum absolute atomic E-state index is 0. The Kier molecular flexibility index (Phi) is 6.32. The van der Waals surface area contributed by atoms with Crippen LogP contribution in [-0.2, 0) is 0 Å². The maximum atomic E-state index is 12.4. The summed E-state index contributed by atoms with van der Waals surface area (Å²) >= 11 is 3.40. The van der Waals surface area contributed by atoms with Gasteiger partial charge in [0, 0.05) is 22.4 Å². The molecule has 0 unspecified atom stereocenters. The normalized spacial score (nSPS) is 10.2. The quantitative estimate of drug-likeness (QED) is 0.775. The number of carbonyl (C=O) groups is 1. The first-order valence-electron chi connectivity index (χ1n) is 6.54. The highest BCUT2D eigenvalue weighted by Gasteiger charge is 2.15. The van der Waals surface area contributed by atoms with Crippen LogP contribution in [0.25, 0.3) is 0 Å². The highest BCUT2D eigenvalue weighted by molar-refractivity contribution is 9.10.